The Morgan fingerprint density at radius 2 is 2.14 bits per heavy atom. The van der Waals surface area contributed by atoms with Crippen LogP contribution in [0.4, 0.5) is 0 Å². The van der Waals surface area contributed by atoms with E-state index in [2.05, 4.69) is 10.4 Å². The number of hydrogen-bond donors (Lipinski definition) is 1. The van der Waals surface area contributed by atoms with Gasteiger partial charge in [-0.15, -0.1) is 0 Å². The first-order valence-corrected chi connectivity index (χ1v) is 7.10. The van der Waals surface area contributed by atoms with Crippen LogP contribution in [0.1, 0.15) is 16.2 Å². The Morgan fingerprint density at radius 3 is 2.81 bits per heavy atom. The lowest BCUT2D eigenvalue weighted by Crippen LogP contribution is -2.31. The van der Waals surface area contributed by atoms with E-state index in [1.807, 2.05) is 44.1 Å². The molecule has 1 aromatic carbocycles. The summed E-state index contributed by atoms with van der Waals surface area (Å²) in [6.07, 6.45) is 0. The minimum absolute atomic E-state index is 0.166. The van der Waals surface area contributed by atoms with Crippen LogP contribution < -0.4 is 5.32 Å². The van der Waals surface area contributed by atoms with Gasteiger partial charge in [0.2, 0.25) is 0 Å². The van der Waals surface area contributed by atoms with Gasteiger partial charge < -0.3 is 10.2 Å². The molecule has 0 saturated heterocycles. The number of carbonyl (C=O) groups is 1. The number of hydrogen-bond acceptors (Lipinski definition) is 3. The smallest absolute Gasteiger partial charge is 0.271 e. The Balaban J connectivity index is 2.13. The van der Waals surface area contributed by atoms with Crippen molar-refractivity contribution < 1.29 is 4.79 Å². The van der Waals surface area contributed by atoms with Gasteiger partial charge in [0.1, 0.15) is 0 Å². The lowest BCUT2D eigenvalue weighted by atomic mass is 10.3. The fraction of sp³-hybridized carbons (Fsp3) is 0.333. The van der Waals surface area contributed by atoms with E-state index >= 15 is 0 Å². The maximum absolute atomic E-state index is 12.1. The molecule has 112 valence electrons. The second-order valence-electron chi connectivity index (χ2n) is 5.12. The second-order valence-corrected chi connectivity index (χ2v) is 5.56. The van der Waals surface area contributed by atoms with Crippen LogP contribution in [0.25, 0.3) is 5.69 Å². The van der Waals surface area contributed by atoms with E-state index < -0.39 is 0 Å². The number of aryl methyl sites for hydroxylation is 1. The van der Waals surface area contributed by atoms with Crippen molar-refractivity contribution in [1.82, 2.24) is 20.0 Å². The molecule has 0 fully saturated rings. The zero-order chi connectivity index (χ0) is 15.4. The lowest BCUT2D eigenvalue weighted by Gasteiger charge is -2.09. The highest BCUT2D eigenvalue weighted by Gasteiger charge is 2.13. The summed E-state index contributed by atoms with van der Waals surface area (Å²) >= 11 is 5.99. The molecule has 2 aromatic rings. The molecular weight excluding hydrogens is 288 g/mol. The van der Waals surface area contributed by atoms with Crippen molar-refractivity contribution in [2.24, 2.45) is 0 Å². The van der Waals surface area contributed by atoms with Gasteiger partial charge in [-0.3, -0.25) is 4.79 Å². The first-order valence-electron chi connectivity index (χ1n) is 6.73. The molecule has 0 bridgehead atoms. The van der Waals surface area contributed by atoms with Crippen LogP contribution in [0.15, 0.2) is 30.3 Å². The summed E-state index contributed by atoms with van der Waals surface area (Å²) in [5.74, 6) is -0.166. The van der Waals surface area contributed by atoms with Gasteiger partial charge in [0.25, 0.3) is 5.91 Å². The summed E-state index contributed by atoms with van der Waals surface area (Å²) in [6.45, 7) is 3.29. The maximum atomic E-state index is 12.1. The first-order chi connectivity index (χ1) is 9.97. The third-order valence-corrected chi connectivity index (χ3v) is 3.25. The number of aromatic nitrogens is 2. The van der Waals surface area contributed by atoms with Gasteiger partial charge in [-0.1, -0.05) is 17.7 Å². The Labute approximate surface area is 129 Å². The van der Waals surface area contributed by atoms with E-state index in [1.54, 1.807) is 16.8 Å². The molecule has 1 heterocycles. The molecule has 0 aliphatic carbocycles. The third kappa shape index (κ3) is 4.06. The zero-order valence-electron chi connectivity index (χ0n) is 12.4. The minimum Gasteiger partial charge on any atom is -0.349 e. The number of likely N-dealkylation sites (N-methyl/N-ethyl adjacent to an activating group) is 1. The maximum Gasteiger partial charge on any atom is 0.271 e. The second kappa shape index (κ2) is 6.74. The summed E-state index contributed by atoms with van der Waals surface area (Å²) in [5.41, 5.74) is 2.13. The molecule has 2 rings (SSSR count). The molecule has 0 saturated carbocycles. The van der Waals surface area contributed by atoms with Crippen molar-refractivity contribution in [3.8, 4) is 5.69 Å². The van der Waals surface area contributed by atoms with Crippen molar-refractivity contribution >= 4 is 17.5 Å². The molecule has 0 atom stereocenters. The standard InChI is InChI=1S/C15H19ClN4O/c1-11-9-14(15(21)17-7-8-19(2)3)18-20(11)13-6-4-5-12(16)10-13/h4-6,9-10H,7-8H2,1-3H3,(H,17,21). The fourth-order valence-electron chi connectivity index (χ4n) is 1.94. The van der Waals surface area contributed by atoms with Crippen LogP contribution >= 0.6 is 11.6 Å². The predicted molar refractivity (Wildman–Crippen MR) is 84.2 cm³/mol. The molecule has 0 spiro atoms. The summed E-state index contributed by atoms with van der Waals surface area (Å²) in [6, 6.07) is 9.15. The van der Waals surface area contributed by atoms with Crippen LogP contribution in [0, 0.1) is 6.92 Å². The summed E-state index contributed by atoms with van der Waals surface area (Å²) in [5, 5.41) is 7.84. The van der Waals surface area contributed by atoms with Crippen molar-refractivity contribution in [2.45, 2.75) is 6.92 Å². The quantitative estimate of drug-likeness (QED) is 0.920. The number of benzene rings is 1. The predicted octanol–water partition coefficient (Wildman–Crippen LogP) is 2.13. The van der Waals surface area contributed by atoms with Gasteiger partial charge in [0.15, 0.2) is 5.69 Å². The van der Waals surface area contributed by atoms with Crippen molar-refractivity contribution in [3.63, 3.8) is 0 Å². The Kier molecular flexibility index (Phi) is 4.98. The Morgan fingerprint density at radius 1 is 1.38 bits per heavy atom. The van der Waals surface area contributed by atoms with Crippen LogP contribution in [0.5, 0.6) is 0 Å². The average Bonchev–Trinajstić information content (AvgIpc) is 2.80. The highest BCUT2D eigenvalue weighted by atomic mass is 35.5. The number of nitrogens with one attached hydrogen (secondary N) is 1. The molecule has 1 aromatic heterocycles. The molecule has 0 unspecified atom stereocenters. The van der Waals surface area contributed by atoms with Crippen molar-refractivity contribution in [1.29, 1.82) is 0 Å². The molecule has 0 radical (unpaired) electrons. The SMILES string of the molecule is Cc1cc(C(=O)NCCN(C)C)nn1-c1cccc(Cl)c1. The van der Waals surface area contributed by atoms with Crippen LogP contribution in [-0.2, 0) is 0 Å². The topological polar surface area (TPSA) is 50.2 Å². The van der Waals surface area contributed by atoms with E-state index in [1.165, 1.54) is 0 Å². The number of carbonyl (C=O) groups excluding carboxylic acids is 1. The summed E-state index contributed by atoms with van der Waals surface area (Å²) in [4.78, 5) is 14.1. The van der Waals surface area contributed by atoms with Gasteiger partial charge >= 0.3 is 0 Å². The lowest BCUT2D eigenvalue weighted by molar-refractivity contribution is 0.0945. The minimum atomic E-state index is -0.166. The molecule has 0 aliphatic rings. The highest BCUT2D eigenvalue weighted by Crippen LogP contribution is 2.16. The monoisotopic (exact) mass is 306 g/mol. The van der Waals surface area contributed by atoms with E-state index in [-0.39, 0.29) is 5.91 Å². The number of amides is 1. The largest absolute Gasteiger partial charge is 0.349 e. The number of rotatable bonds is 5. The average molecular weight is 307 g/mol. The fourth-order valence-corrected chi connectivity index (χ4v) is 2.12. The van der Waals surface area contributed by atoms with Crippen LogP contribution in [0.2, 0.25) is 5.02 Å². The first kappa shape index (κ1) is 15.5. The van der Waals surface area contributed by atoms with E-state index in [0.717, 1.165) is 17.9 Å². The molecule has 1 N–H and O–H groups in total. The molecular formula is C15H19ClN4O. The molecule has 5 nitrogen and oxygen atoms in total. The van der Waals surface area contributed by atoms with Gasteiger partial charge in [0.05, 0.1) is 5.69 Å². The van der Waals surface area contributed by atoms with Crippen molar-refractivity contribution in [2.75, 3.05) is 27.2 Å². The summed E-state index contributed by atoms with van der Waals surface area (Å²) < 4.78 is 1.72. The zero-order valence-corrected chi connectivity index (χ0v) is 13.2. The van der Waals surface area contributed by atoms with Gasteiger partial charge in [-0.25, -0.2) is 4.68 Å². The molecule has 21 heavy (non-hydrogen) atoms. The molecule has 1 amide bonds. The third-order valence-electron chi connectivity index (χ3n) is 3.02. The number of halogens is 1. The van der Waals surface area contributed by atoms with E-state index in [4.69, 9.17) is 11.6 Å². The van der Waals surface area contributed by atoms with Gasteiger partial charge in [0, 0.05) is 23.8 Å². The Hall–Kier alpha value is -1.85. The normalized spacial score (nSPS) is 10.9. The van der Waals surface area contributed by atoms with Crippen LogP contribution in [-0.4, -0.2) is 47.8 Å². The van der Waals surface area contributed by atoms with Crippen LogP contribution in [0.3, 0.4) is 0 Å². The van der Waals surface area contributed by atoms with Crippen molar-refractivity contribution in [3.05, 3.63) is 46.7 Å². The Bertz CT molecular complexity index is 636. The summed E-state index contributed by atoms with van der Waals surface area (Å²) in [7, 11) is 3.92. The van der Waals surface area contributed by atoms with E-state index in [9.17, 15) is 4.79 Å². The molecule has 0 aliphatic heterocycles. The van der Waals surface area contributed by atoms with E-state index in [0.29, 0.717) is 17.3 Å². The van der Waals surface area contributed by atoms with Gasteiger partial charge in [-0.2, -0.15) is 5.10 Å². The van der Waals surface area contributed by atoms with Gasteiger partial charge in [-0.05, 0) is 45.3 Å². The molecule has 6 heteroatoms. The number of nitrogens with zero attached hydrogens (tertiary/aromatic N) is 3. The highest BCUT2D eigenvalue weighted by molar-refractivity contribution is 6.30.